The highest BCUT2D eigenvalue weighted by molar-refractivity contribution is 8.13. The van der Waals surface area contributed by atoms with Crippen LogP contribution in [0.1, 0.15) is 26.3 Å². The second kappa shape index (κ2) is 6.53. The van der Waals surface area contributed by atoms with E-state index in [0.717, 1.165) is 0 Å². The summed E-state index contributed by atoms with van der Waals surface area (Å²) in [6, 6.07) is 4.56. The number of methoxy groups -OCH3 is 1. The Balaban J connectivity index is 2.92. The molecule has 1 N–H and O–H groups in total. The van der Waals surface area contributed by atoms with E-state index in [2.05, 4.69) is 5.32 Å². The van der Waals surface area contributed by atoms with E-state index in [1.807, 2.05) is 0 Å². The first-order valence-corrected chi connectivity index (χ1v) is 8.57. The van der Waals surface area contributed by atoms with Gasteiger partial charge in [-0.05, 0) is 38.5 Å². The topological polar surface area (TPSA) is 81.7 Å². The van der Waals surface area contributed by atoms with Crippen LogP contribution in [-0.2, 0) is 19.5 Å². The van der Waals surface area contributed by atoms with Gasteiger partial charge in [-0.25, -0.2) is 13.2 Å². The molecule has 21 heavy (non-hydrogen) atoms. The SMILES string of the molecule is COc1cc(CS(=O)(=O)Cl)ccc1NC(=O)OC(C)(C)C. The fourth-order valence-electron chi connectivity index (χ4n) is 1.54. The van der Waals surface area contributed by atoms with Gasteiger partial charge in [0.15, 0.2) is 0 Å². The van der Waals surface area contributed by atoms with Crippen LogP contribution in [0.2, 0.25) is 0 Å². The van der Waals surface area contributed by atoms with Gasteiger partial charge in [0.2, 0.25) is 9.05 Å². The zero-order chi connectivity index (χ0) is 16.3. The van der Waals surface area contributed by atoms with Gasteiger partial charge < -0.3 is 9.47 Å². The molecule has 0 aliphatic carbocycles. The van der Waals surface area contributed by atoms with Crippen molar-refractivity contribution in [2.75, 3.05) is 12.4 Å². The van der Waals surface area contributed by atoms with Crippen LogP contribution in [0.4, 0.5) is 10.5 Å². The maximum Gasteiger partial charge on any atom is 0.412 e. The second-order valence-corrected chi connectivity index (χ2v) is 8.12. The smallest absolute Gasteiger partial charge is 0.412 e. The third kappa shape index (κ3) is 6.68. The van der Waals surface area contributed by atoms with Gasteiger partial charge in [0.25, 0.3) is 0 Å². The fourth-order valence-corrected chi connectivity index (χ4v) is 2.50. The van der Waals surface area contributed by atoms with Crippen molar-refractivity contribution in [1.29, 1.82) is 0 Å². The third-order valence-electron chi connectivity index (χ3n) is 2.24. The lowest BCUT2D eigenvalue weighted by atomic mass is 10.2. The number of carbonyl (C=O) groups excluding carboxylic acids is 1. The van der Waals surface area contributed by atoms with Crippen molar-refractivity contribution >= 4 is 31.5 Å². The molecule has 6 nitrogen and oxygen atoms in total. The maximum atomic E-state index is 11.7. The van der Waals surface area contributed by atoms with E-state index in [1.54, 1.807) is 20.8 Å². The number of benzene rings is 1. The summed E-state index contributed by atoms with van der Waals surface area (Å²) in [5, 5.41) is 2.54. The van der Waals surface area contributed by atoms with Crippen LogP contribution in [0.3, 0.4) is 0 Å². The number of ether oxygens (including phenoxy) is 2. The molecule has 1 rings (SSSR count). The minimum atomic E-state index is -3.66. The van der Waals surface area contributed by atoms with Gasteiger partial charge in [-0.15, -0.1) is 0 Å². The zero-order valence-corrected chi connectivity index (χ0v) is 13.8. The molecule has 0 aromatic heterocycles. The Bertz CT molecular complexity index is 622. The molecule has 0 saturated heterocycles. The second-order valence-electron chi connectivity index (χ2n) is 5.34. The van der Waals surface area contributed by atoms with Crippen molar-refractivity contribution in [2.24, 2.45) is 0 Å². The fraction of sp³-hybridized carbons (Fsp3) is 0.462. The highest BCUT2D eigenvalue weighted by Gasteiger charge is 2.18. The van der Waals surface area contributed by atoms with E-state index >= 15 is 0 Å². The number of hydrogen-bond donors (Lipinski definition) is 1. The molecule has 0 heterocycles. The molecule has 1 aromatic rings. The number of amides is 1. The minimum absolute atomic E-state index is 0.318. The van der Waals surface area contributed by atoms with Crippen molar-refractivity contribution in [3.8, 4) is 5.75 Å². The van der Waals surface area contributed by atoms with E-state index in [0.29, 0.717) is 17.0 Å². The van der Waals surface area contributed by atoms with Crippen molar-refractivity contribution < 1.29 is 22.7 Å². The molecule has 0 fully saturated rings. The molecule has 8 heteroatoms. The van der Waals surface area contributed by atoms with Crippen molar-refractivity contribution in [1.82, 2.24) is 0 Å². The molecule has 0 aliphatic heterocycles. The average molecular weight is 336 g/mol. The molecule has 118 valence electrons. The van der Waals surface area contributed by atoms with Gasteiger partial charge in [0, 0.05) is 10.7 Å². The lowest BCUT2D eigenvalue weighted by Gasteiger charge is -2.20. The largest absolute Gasteiger partial charge is 0.495 e. The first-order valence-electron chi connectivity index (χ1n) is 6.09. The lowest BCUT2D eigenvalue weighted by Crippen LogP contribution is -2.27. The summed E-state index contributed by atoms with van der Waals surface area (Å²) >= 11 is 0. The van der Waals surface area contributed by atoms with E-state index in [9.17, 15) is 13.2 Å². The van der Waals surface area contributed by atoms with E-state index in [4.69, 9.17) is 20.2 Å². The minimum Gasteiger partial charge on any atom is -0.495 e. The number of hydrogen-bond acceptors (Lipinski definition) is 5. The Morgan fingerprint density at radius 1 is 1.33 bits per heavy atom. The summed E-state index contributed by atoms with van der Waals surface area (Å²) < 4.78 is 32.4. The molecule has 0 aliphatic rings. The van der Waals surface area contributed by atoms with E-state index in [-0.39, 0.29) is 5.75 Å². The summed E-state index contributed by atoms with van der Waals surface area (Å²) in [6.07, 6.45) is -0.626. The van der Waals surface area contributed by atoms with Gasteiger partial charge in [-0.3, -0.25) is 5.32 Å². The summed E-state index contributed by atoms with van der Waals surface area (Å²) in [7, 11) is 2.96. The van der Waals surface area contributed by atoms with E-state index < -0.39 is 20.7 Å². The van der Waals surface area contributed by atoms with Crippen LogP contribution in [0.15, 0.2) is 18.2 Å². The predicted octanol–water partition coefficient (Wildman–Crippen LogP) is 3.11. The molecule has 0 atom stereocenters. The van der Waals surface area contributed by atoms with Crippen LogP contribution in [0.25, 0.3) is 0 Å². The summed E-state index contributed by atoms with van der Waals surface area (Å²) in [4.78, 5) is 11.7. The summed E-state index contributed by atoms with van der Waals surface area (Å²) in [5.41, 5.74) is 0.211. The lowest BCUT2D eigenvalue weighted by molar-refractivity contribution is 0.0635. The van der Waals surface area contributed by atoms with Crippen molar-refractivity contribution in [3.05, 3.63) is 23.8 Å². The van der Waals surface area contributed by atoms with Crippen LogP contribution < -0.4 is 10.1 Å². The average Bonchev–Trinajstić information content (AvgIpc) is 2.26. The predicted molar refractivity (Wildman–Crippen MR) is 81.3 cm³/mol. The summed E-state index contributed by atoms with van der Waals surface area (Å²) in [6.45, 7) is 5.24. The quantitative estimate of drug-likeness (QED) is 0.855. The maximum absolute atomic E-state index is 11.7. The molecular formula is C13H18ClNO5S. The summed E-state index contributed by atoms with van der Waals surface area (Å²) in [5.74, 6) is -0.00357. The number of anilines is 1. The third-order valence-corrected chi connectivity index (χ3v) is 3.25. The Kier molecular flexibility index (Phi) is 5.47. The van der Waals surface area contributed by atoms with Crippen molar-refractivity contribution in [2.45, 2.75) is 32.1 Å². The van der Waals surface area contributed by atoms with E-state index in [1.165, 1.54) is 25.3 Å². The number of halogens is 1. The molecule has 0 saturated carbocycles. The first kappa shape index (κ1) is 17.6. The Labute approximate surface area is 128 Å². The first-order chi connectivity index (χ1) is 9.50. The molecule has 0 radical (unpaired) electrons. The Hall–Kier alpha value is -1.47. The van der Waals surface area contributed by atoms with Crippen LogP contribution >= 0.6 is 10.7 Å². The standard InChI is InChI=1S/C13H18ClNO5S/c1-13(2,3)20-12(16)15-10-6-5-9(7-11(10)19-4)8-21(14,17)18/h5-7H,8H2,1-4H3,(H,15,16). The van der Waals surface area contributed by atoms with Crippen LogP contribution in [0, 0.1) is 0 Å². The molecule has 0 unspecified atom stereocenters. The number of rotatable bonds is 4. The van der Waals surface area contributed by atoms with Gasteiger partial charge in [0.05, 0.1) is 18.6 Å². The van der Waals surface area contributed by atoms with Crippen molar-refractivity contribution in [3.63, 3.8) is 0 Å². The van der Waals surface area contributed by atoms with Gasteiger partial charge >= 0.3 is 6.09 Å². The molecule has 0 bridgehead atoms. The number of nitrogens with one attached hydrogen (secondary N) is 1. The number of carbonyl (C=O) groups is 1. The van der Waals surface area contributed by atoms with Crippen LogP contribution in [0.5, 0.6) is 5.75 Å². The highest BCUT2D eigenvalue weighted by atomic mass is 35.7. The van der Waals surface area contributed by atoms with Gasteiger partial charge in [-0.2, -0.15) is 0 Å². The highest BCUT2D eigenvalue weighted by Crippen LogP contribution is 2.27. The van der Waals surface area contributed by atoms with Gasteiger partial charge in [-0.1, -0.05) is 6.07 Å². The zero-order valence-electron chi connectivity index (χ0n) is 12.3. The van der Waals surface area contributed by atoms with Gasteiger partial charge in [0.1, 0.15) is 11.4 Å². The molecule has 1 aromatic carbocycles. The Morgan fingerprint density at radius 2 is 1.95 bits per heavy atom. The Morgan fingerprint density at radius 3 is 2.43 bits per heavy atom. The molecular weight excluding hydrogens is 318 g/mol. The normalized spacial score (nSPS) is 11.9. The molecule has 0 spiro atoms. The van der Waals surface area contributed by atoms with Crippen LogP contribution in [-0.4, -0.2) is 27.2 Å². The molecule has 1 amide bonds. The monoisotopic (exact) mass is 335 g/mol.